The Morgan fingerprint density at radius 2 is 1.70 bits per heavy atom. The highest BCUT2D eigenvalue weighted by Crippen LogP contribution is 2.31. The molecule has 9 nitrogen and oxygen atoms in total. The van der Waals surface area contributed by atoms with Crippen LogP contribution >= 0.6 is 0 Å². The number of rotatable bonds is 12. The van der Waals surface area contributed by atoms with E-state index in [1.807, 2.05) is 44.1 Å². The van der Waals surface area contributed by atoms with Gasteiger partial charge in [-0.25, -0.2) is 0 Å². The zero-order chi connectivity index (χ0) is 29.4. The fourth-order valence-electron chi connectivity index (χ4n) is 4.74. The molecule has 2 aromatic carbocycles. The molecule has 1 aliphatic rings. The number of benzene rings is 2. The van der Waals surface area contributed by atoms with Gasteiger partial charge in [-0.1, -0.05) is 42.5 Å². The number of carbonyl (C=O) groups excluding carboxylic acids is 2. The number of hydrogen-bond acceptors (Lipinski definition) is 7. The van der Waals surface area contributed by atoms with Crippen molar-refractivity contribution in [1.29, 1.82) is 0 Å². The predicted octanol–water partition coefficient (Wildman–Crippen LogP) is 1.64. The molecule has 1 unspecified atom stereocenters. The minimum Gasteiger partial charge on any atom is -0.388 e. The van der Waals surface area contributed by atoms with Gasteiger partial charge in [-0.05, 0) is 81.9 Å². The Kier molecular flexibility index (Phi) is 11.2. The Balaban J connectivity index is 1.49. The third-order valence-electron chi connectivity index (χ3n) is 7.35. The number of amides is 2. The van der Waals surface area contributed by atoms with Crippen molar-refractivity contribution in [2.45, 2.75) is 76.4 Å². The first-order valence-electron chi connectivity index (χ1n) is 13.9. The van der Waals surface area contributed by atoms with Gasteiger partial charge in [0.25, 0.3) is 0 Å². The molecule has 3 rings (SSSR count). The van der Waals surface area contributed by atoms with E-state index in [0.29, 0.717) is 25.8 Å². The lowest BCUT2D eigenvalue weighted by molar-refractivity contribution is -0.189. The Bertz CT molecular complexity index is 1130. The molecule has 220 valence electrons. The molecule has 1 saturated heterocycles. The van der Waals surface area contributed by atoms with Crippen molar-refractivity contribution in [2.24, 2.45) is 0 Å². The average molecular weight is 556 g/mol. The van der Waals surface area contributed by atoms with Crippen LogP contribution in [0, 0.1) is 6.92 Å². The molecule has 0 bridgehead atoms. The smallest absolute Gasteiger partial charge is 0.245 e. The average Bonchev–Trinajstić information content (AvgIpc) is 2.89. The van der Waals surface area contributed by atoms with Gasteiger partial charge in [0.15, 0.2) is 0 Å². The molecule has 2 aromatic rings. The van der Waals surface area contributed by atoms with Gasteiger partial charge in [0, 0.05) is 19.5 Å². The number of nitrogens with zero attached hydrogens (tertiary/aromatic N) is 1. The topological polar surface area (TPSA) is 131 Å². The molecular formula is C31H45N3O6. The molecule has 0 aromatic heterocycles. The molecule has 0 aliphatic carbocycles. The van der Waals surface area contributed by atoms with Gasteiger partial charge in [-0.15, -0.1) is 0 Å². The van der Waals surface area contributed by atoms with E-state index in [4.69, 9.17) is 4.74 Å². The summed E-state index contributed by atoms with van der Waals surface area (Å²) in [5.41, 5.74) is 4.26. The van der Waals surface area contributed by atoms with Crippen molar-refractivity contribution >= 4 is 11.8 Å². The van der Waals surface area contributed by atoms with Gasteiger partial charge in [0.2, 0.25) is 11.8 Å². The number of aliphatic hydroxyl groups excluding tert-OH is 3. The summed E-state index contributed by atoms with van der Waals surface area (Å²) < 4.78 is 5.63. The normalized spacial score (nSPS) is 21.3. The first kappa shape index (κ1) is 31.7. The van der Waals surface area contributed by atoms with Crippen molar-refractivity contribution in [3.05, 3.63) is 70.3 Å². The second-order valence-corrected chi connectivity index (χ2v) is 11.6. The molecule has 2 amide bonds. The second-order valence-electron chi connectivity index (χ2n) is 11.6. The van der Waals surface area contributed by atoms with E-state index in [2.05, 4.69) is 34.9 Å². The minimum absolute atomic E-state index is 0.0284. The highest BCUT2D eigenvalue weighted by Gasteiger charge is 2.38. The quantitative estimate of drug-likeness (QED) is 0.269. The van der Waals surface area contributed by atoms with Crippen LogP contribution in [0.5, 0.6) is 0 Å². The van der Waals surface area contributed by atoms with Crippen LogP contribution in [0.4, 0.5) is 0 Å². The van der Waals surface area contributed by atoms with Crippen LogP contribution in [0.15, 0.2) is 42.5 Å². The zero-order valence-electron chi connectivity index (χ0n) is 24.3. The van der Waals surface area contributed by atoms with Crippen LogP contribution in [0.25, 0.3) is 0 Å². The molecule has 5 N–H and O–H groups in total. The lowest BCUT2D eigenvalue weighted by Gasteiger charge is -2.35. The van der Waals surface area contributed by atoms with Crippen LogP contribution in [0.2, 0.25) is 0 Å². The van der Waals surface area contributed by atoms with Crippen molar-refractivity contribution in [2.75, 3.05) is 33.8 Å². The van der Waals surface area contributed by atoms with E-state index in [0.717, 1.165) is 40.8 Å². The Morgan fingerprint density at radius 1 is 1.02 bits per heavy atom. The Labute approximate surface area is 237 Å². The van der Waals surface area contributed by atoms with Crippen LogP contribution < -0.4 is 10.6 Å². The standard InChI is InChI=1S/C31H45N3O6/c1-20-9-14-23(29-28(38)27(37)25(35)19-40-29)18-24(20)17-22-12-10-21(11-13-22)7-6-8-26(36)33-31(2,3)30(39)32-15-16-34(4)5/h9-14,18,25,27-29,35,37-38H,6-8,15-17,19H2,1-5H3,(H,32,39)(H,33,36)/t25-,27+,28-,29?/m1/s1. The maximum Gasteiger partial charge on any atom is 0.245 e. The lowest BCUT2D eigenvalue weighted by Crippen LogP contribution is -2.55. The van der Waals surface area contributed by atoms with Crippen molar-refractivity contribution in [3.63, 3.8) is 0 Å². The number of carbonyl (C=O) groups is 2. The first-order valence-corrected chi connectivity index (χ1v) is 13.9. The third-order valence-corrected chi connectivity index (χ3v) is 7.35. The highest BCUT2D eigenvalue weighted by atomic mass is 16.5. The number of ether oxygens (including phenoxy) is 1. The summed E-state index contributed by atoms with van der Waals surface area (Å²) in [4.78, 5) is 26.9. The van der Waals surface area contributed by atoms with E-state index in [9.17, 15) is 24.9 Å². The van der Waals surface area contributed by atoms with Gasteiger partial charge in [-0.3, -0.25) is 9.59 Å². The molecule has 0 saturated carbocycles. The van der Waals surface area contributed by atoms with E-state index in [1.165, 1.54) is 0 Å². The maximum atomic E-state index is 12.5. The molecule has 1 fully saturated rings. The fourth-order valence-corrected chi connectivity index (χ4v) is 4.74. The summed E-state index contributed by atoms with van der Waals surface area (Å²) in [6.07, 6.45) is -1.77. The van der Waals surface area contributed by atoms with E-state index in [1.54, 1.807) is 13.8 Å². The van der Waals surface area contributed by atoms with Crippen LogP contribution in [0.1, 0.15) is 60.6 Å². The Hall–Kier alpha value is -2.82. The van der Waals surface area contributed by atoms with Gasteiger partial charge in [0.1, 0.15) is 30.0 Å². The van der Waals surface area contributed by atoms with E-state index < -0.39 is 30.0 Å². The minimum atomic E-state index is -1.24. The summed E-state index contributed by atoms with van der Waals surface area (Å²) in [7, 11) is 3.88. The van der Waals surface area contributed by atoms with Crippen LogP contribution in [0.3, 0.4) is 0 Å². The fraction of sp³-hybridized carbons (Fsp3) is 0.548. The molecule has 40 heavy (non-hydrogen) atoms. The monoisotopic (exact) mass is 555 g/mol. The maximum absolute atomic E-state index is 12.5. The first-order chi connectivity index (χ1) is 18.9. The number of aryl methyl sites for hydroxylation is 2. The lowest BCUT2D eigenvalue weighted by atomic mass is 9.91. The van der Waals surface area contributed by atoms with Gasteiger partial charge in [-0.2, -0.15) is 0 Å². The molecule has 4 atom stereocenters. The largest absolute Gasteiger partial charge is 0.388 e. The predicted molar refractivity (Wildman–Crippen MR) is 154 cm³/mol. The second kappa shape index (κ2) is 14.2. The molecule has 1 heterocycles. The number of aliphatic hydroxyl groups is 3. The van der Waals surface area contributed by atoms with Crippen molar-refractivity contribution < 1.29 is 29.6 Å². The van der Waals surface area contributed by atoms with E-state index >= 15 is 0 Å². The van der Waals surface area contributed by atoms with Crippen LogP contribution in [-0.4, -0.2) is 89.7 Å². The molecular weight excluding hydrogens is 510 g/mol. The van der Waals surface area contributed by atoms with Gasteiger partial charge in [0.05, 0.1) is 6.61 Å². The van der Waals surface area contributed by atoms with Crippen LogP contribution in [-0.2, 0) is 27.2 Å². The third kappa shape index (κ3) is 8.84. The molecule has 0 spiro atoms. The summed E-state index contributed by atoms with van der Waals surface area (Å²) >= 11 is 0. The van der Waals surface area contributed by atoms with Gasteiger partial charge < -0.3 is 35.6 Å². The summed E-state index contributed by atoms with van der Waals surface area (Å²) in [5.74, 6) is -0.341. The van der Waals surface area contributed by atoms with Crippen molar-refractivity contribution in [3.8, 4) is 0 Å². The summed E-state index contributed by atoms with van der Waals surface area (Å²) in [5, 5.41) is 35.9. The number of nitrogens with one attached hydrogen (secondary N) is 2. The Morgan fingerprint density at radius 3 is 2.38 bits per heavy atom. The van der Waals surface area contributed by atoms with E-state index in [-0.39, 0.29) is 18.4 Å². The van der Waals surface area contributed by atoms with Gasteiger partial charge >= 0.3 is 0 Å². The van der Waals surface area contributed by atoms with Crippen molar-refractivity contribution in [1.82, 2.24) is 15.5 Å². The highest BCUT2D eigenvalue weighted by molar-refractivity contribution is 5.90. The SMILES string of the molecule is Cc1ccc(C2OC[C@@H](O)[C@H](O)[C@H]2O)cc1Cc1ccc(CCCC(=O)NC(C)(C)C(=O)NCCN(C)C)cc1. The zero-order valence-corrected chi connectivity index (χ0v) is 24.3. The molecule has 0 radical (unpaired) electrons. The number of hydrogen-bond donors (Lipinski definition) is 5. The summed E-state index contributed by atoms with van der Waals surface area (Å²) in [6.45, 7) is 6.69. The number of likely N-dealkylation sites (N-methyl/N-ethyl adjacent to an activating group) is 1. The summed E-state index contributed by atoms with van der Waals surface area (Å²) in [6, 6.07) is 14.1. The molecule has 9 heteroatoms. The molecule has 1 aliphatic heterocycles.